The van der Waals surface area contributed by atoms with E-state index in [2.05, 4.69) is 36.0 Å². The Labute approximate surface area is 349 Å². The third kappa shape index (κ3) is 11.3. The van der Waals surface area contributed by atoms with Crippen molar-refractivity contribution < 1.29 is 64.9 Å². The van der Waals surface area contributed by atoms with Crippen molar-refractivity contribution in [1.82, 2.24) is 0 Å². The van der Waals surface area contributed by atoms with Crippen molar-refractivity contribution in [1.29, 1.82) is 0 Å². The van der Waals surface area contributed by atoms with E-state index in [-0.39, 0.29) is 43.9 Å². The fourth-order valence-corrected chi connectivity index (χ4v) is 6.72. The number of nitrogens with zero attached hydrogens (tertiary/aromatic N) is 7. The van der Waals surface area contributed by atoms with E-state index in [9.17, 15) is 55.5 Å². The molecule has 0 aliphatic rings. The Hall–Kier alpha value is -7.65. The SMILES string of the molecule is Cc1cc(/N=N/c2cc(S(=O)(=O)O)c3cc(S(=O)(=O)O)c(/N=N/c4ccc(NC(=O)CCOCCC(=O)O)cc4[N+](=O)[O-])c(O)c3c2N)ccc1/N=N/c1ccc(OC=O)cc1. The zero-order valence-corrected chi connectivity index (χ0v) is 33.3. The molecule has 322 valence electrons. The van der Waals surface area contributed by atoms with Crippen LogP contribution in [0.1, 0.15) is 18.4 Å². The number of azo groups is 3. The molecule has 0 aliphatic heterocycles. The lowest BCUT2D eigenvalue weighted by molar-refractivity contribution is -0.384. The van der Waals surface area contributed by atoms with E-state index in [1.807, 2.05) is 0 Å². The van der Waals surface area contributed by atoms with Gasteiger partial charge in [0, 0.05) is 17.1 Å². The molecule has 26 heteroatoms. The first-order chi connectivity index (χ1) is 29.3. The lowest BCUT2D eigenvalue weighted by atomic mass is 10.0. The number of carboxylic acid groups (broad SMARTS) is 1. The van der Waals surface area contributed by atoms with Crippen LogP contribution in [0.15, 0.2) is 113 Å². The van der Waals surface area contributed by atoms with Gasteiger partial charge in [-0.2, -0.15) is 32.2 Å². The molecule has 0 aromatic heterocycles. The maximum Gasteiger partial charge on any atom is 0.305 e. The van der Waals surface area contributed by atoms with Crippen LogP contribution in [0, 0.1) is 17.0 Å². The van der Waals surface area contributed by atoms with Gasteiger partial charge in [0.15, 0.2) is 11.4 Å². The van der Waals surface area contributed by atoms with E-state index < -0.39 is 91.8 Å². The number of nitro groups is 1. The quantitative estimate of drug-likeness (QED) is 0.00946. The Morgan fingerprint density at radius 1 is 0.806 bits per heavy atom. The summed E-state index contributed by atoms with van der Waals surface area (Å²) in [4.78, 5) is 42.1. The highest BCUT2D eigenvalue weighted by molar-refractivity contribution is 7.86. The number of nitrogens with two attached hydrogens (primary N) is 1. The number of amides is 1. The van der Waals surface area contributed by atoms with Crippen LogP contribution in [0.2, 0.25) is 0 Å². The molecule has 0 fully saturated rings. The summed E-state index contributed by atoms with van der Waals surface area (Å²) in [5.41, 5.74) is 4.41. The molecular weight excluding hydrogens is 863 g/mol. The molecule has 0 unspecified atom stereocenters. The highest BCUT2D eigenvalue weighted by Crippen LogP contribution is 2.48. The van der Waals surface area contributed by atoms with Crippen LogP contribution < -0.4 is 15.8 Å². The number of aromatic hydroxyl groups is 1. The summed E-state index contributed by atoms with van der Waals surface area (Å²) in [6, 6.07) is 14.9. The molecule has 5 aromatic rings. The number of rotatable bonds is 18. The highest BCUT2D eigenvalue weighted by Gasteiger charge is 2.29. The molecule has 0 atom stereocenters. The van der Waals surface area contributed by atoms with E-state index in [1.165, 1.54) is 30.3 Å². The fourth-order valence-electron chi connectivity index (χ4n) is 5.37. The topological polar surface area (TPSA) is 374 Å². The summed E-state index contributed by atoms with van der Waals surface area (Å²) in [5, 5.41) is 56.7. The summed E-state index contributed by atoms with van der Waals surface area (Å²) < 4.78 is 80.3. The number of hydrogen-bond donors (Lipinski definition) is 6. The van der Waals surface area contributed by atoms with Gasteiger partial charge in [0.05, 0.1) is 59.1 Å². The van der Waals surface area contributed by atoms with Gasteiger partial charge in [0.2, 0.25) is 5.91 Å². The number of aryl methyl sites for hydroxylation is 1. The minimum Gasteiger partial charge on any atom is -0.505 e. The molecule has 1 amide bonds. The van der Waals surface area contributed by atoms with Crippen LogP contribution in [0.25, 0.3) is 10.8 Å². The number of carbonyl (C=O) groups excluding carboxylic acids is 2. The number of nitro benzene ring substituents is 1. The number of nitrogens with one attached hydrogen (secondary N) is 1. The van der Waals surface area contributed by atoms with Crippen molar-refractivity contribution in [2.24, 2.45) is 30.7 Å². The number of aliphatic carboxylic acids is 1. The molecule has 5 aromatic carbocycles. The molecule has 0 radical (unpaired) electrons. The van der Waals surface area contributed by atoms with Crippen LogP contribution in [0.4, 0.5) is 51.2 Å². The van der Waals surface area contributed by atoms with Crippen LogP contribution in [-0.2, 0) is 39.4 Å². The number of anilines is 2. The summed E-state index contributed by atoms with van der Waals surface area (Å²) in [6.45, 7) is 1.65. The molecule has 0 aliphatic carbocycles. The second-order valence-electron chi connectivity index (χ2n) is 12.5. The zero-order valence-electron chi connectivity index (χ0n) is 31.6. The summed E-state index contributed by atoms with van der Waals surface area (Å²) >= 11 is 0. The van der Waals surface area contributed by atoms with Gasteiger partial charge >= 0.3 is 5.97 Å². The van der Waals surface area contributed by atoms with E-state index >= 15 is 0 Å². The number of benzene rings is 5. The number of phenolic OH excluding ortho intramolecular Hbond substituents is 1. The van der Waals surface area contributed by atoms with Crippen LogP contribution in [-0.4, -0.2) is 72.6 Å². The Morgan fingerprint density at radius 2 is 1.42 bits per heavy atom. The second kappa shape index (κ2) is 19.2. The van der Waals surface area contributed by atoms with Crippen molar-refractivity contribution in [2.75, 3.05) is 24.3 Å². The smallest absolute Gasteiger partial charge is 0.305 e. The van der Waals surface area contributed by atoms with Crippen molar-refractivity contribution in [3.05, 3.63) is 88.5 Å². The minimum absolute atomic E-state index is 0.0895. The predicted molar refractivity (Wildman–Crippen MR) is 216 cm³/mol. The van der Waals surface area contributed by atoms with Gasteiger partial charge < -0.3 is 30.7 Å². The van der Waals surface area contributed by atoms with E-state index in [1.54, 1.807) is 19.1 Å². The summed E-state index contributed by atoms with van der Waals surface area (Å²) in [6.07, 6.45) is -0.521. The standard InChI is InChI=1S/C36H31N9O15S2/c1-19-14-22(5-8-25(19)41-39-20-2-6-23(7-3-20)60-18-46)40-43-27-17-29(61(53,54)55)24-16-30(62(56,57)58)35(36(50)33(24)34(27)37)44-42-26-9-4-21(15-28(26)45(51)52)38-31(47)10-12-59-13-11-32(48)49/h2-9,14-18,50H,10-13,37H2,1H3,(H,38,47)(H,48,49)(H,53,54,55)(H,56,57,58)/b41-39+,43-40+,44-42+. The normalized spacial score (nSPS) is 12.0. The molecule has 5 rings (SSSR count). The van der Waals surface area contributed by atoms with Crippen LogP contribution in [0.5, 0.6) is 11.5 Å². The molecule has 7 N–H and O–H groups in total. The number of nitrogen functional groups attached to an aromatic ring is 1. The highest BCUT2D eigenvalue weighted by atomic mass is 32.2. The number of phenols is 1. The first-order valence-electron chi connectivity index (χ1n) is 17.3. The zero-order chi connectivity index (χ0) is 45.4. The molecule has 62 heavy (non-hydrogen) atoms. The number of carboxylic acids is 1. The summed E-state index contributed by atoms with van der Waals surface area (Å²) in [5.74, 6) is -2.66. The first-order valence-corrected chi connectivity index (χ1v) is 20.2. The monoisotopic (exact) mass is 893 g/mol. The third-order valence-electron chi connectivity index (χ3n) is 8.27. The number of fused-ring (bicyclic) bond motifs is 1. The van der Waals surface area contributed by atoms with E-state index in [0.717, 1.165) is 24.3 Å². The van der Waals surface area contributed by atoms with Gasteiger partial charge in [-0.05, 0) is 79.2 Å². The van der Waals surface area contributed by atoms with E-state index in [4.69, 9.17) is 20.3 Å². The molecule has 0 bridgehead atoms. The van der Waals surface area contributed by atoms with Gasteiger partial charge in [0.25, 0.3) is 32.4 Å². The number of hydrogen-bond acceptors (Lipinski definition) is 19. The molecule has 24 nitrogen and oxygen atoms in total. The van der Waals surface area contributed by atoms with Crippen LogP contribution >= 0.6 is 0 Å². The average Bonchev–Trinajstić information content (AvgIpc) is 3.19. The third-order valence-corrected chi connectivity index (χ3v) is 10.0. The van der Waals surface area contributed by atoms with Gasteiger partial charge in [-0.3, -0.25) is 33.6 Å². The maximum absolute atomic E-state index is 12.6. The minimum atomic E-state index is -5.40. The molecular formula is C36H31N9O15S2. The predicted octanol–water partition coefficient (Wildman–Crippen LogP) is 7.44. The van der Waals surface area contributed by atoms with Crippen molar-refractivity contribution in [2.45, 2.75) is 29.6 Å². The van der Waals surface area contributed by atoms with Gasteiger partial charge in [-0.25, -0.2) is 0 Å². The van der Waals surface area contributed by atoms with Gasteiger partial charge in [0.1, 0.15) is 26.9 Å². The first kappa shape index (κ1) is 45.4. The molecule has 0 heterocycles. The number of carbonyl (C=O) groups is 3. The average molecular weight is 894 g/mol. The molecule has 0 saturated carbocycles. The van der Waals surface area contributed by atoms with Crippen molar-refractivity contribution >= 4 is 101 Å². The Morgan fingerprint density at radius 3 is 2.05 bits per heavy atom. The van der Waals surface area contributed by atoms with Crippen LogP contribution in [0.3, 0.4) is 0 Å². The van der Waals surface area contributed by atoms with Gasteiger partial charge in [-0.15, -0.1) is 15.3 Å². The van der Waals surface area contributed by atoms with Crippen molar-refractivity contribution in [3.63, 3.8) is 0 Å². The Bertz CT molecular complexity index is 2920. The van der Waals surface area contributed by atoms with E-state index in [0.29, 0.717) is 28.8 Å². The fraction of sp³-hybridized carbons (Fsp3) is 0.139. The molecule has 0 spiro atoms. The number of ether oxygens (including phenoxy) is 2. The van der Waals surface area contributed by atoms with Crippen molar-refractivity contribution in [3.8, 4) is 11.5 Å². The Balaban J connectivity index is 1.51. The summed E-state index contributed by atoms with van der Waals surface area (Å²) in [7, 11) is -10.7. The second-order valence-corrected chi connectivity index (χ2v) is 15.3. The maximum atomic E-state index is 12.6. The largest absolute Gasteiger partial charge is 0.505 e. The Kier molecular flexibility index (Phi) is 14.0. The lowest BCUT2D eigenvalue weighted by Gasteiger charge is -2.14. The van der Waals surface area contributed by atoms with Gasteiger partial charge in [-0.1, -0.05) is 0 Å². The lowest BCUT2D eigenvalue weighted by Crippen LogP contribution is -2.15. The molecule has 0 saturated heterocycles.